The van der Waals surface area contributed by atoms with Crippen LogP contribution in [0.15, 0.2) is 36.7 Å². The smallest absolute Gasteiger partial charge is 0.338 e. The summed E-state index contributed by atoms with van der Waals surface area (Å²) in [5.74, 6) is -0.165. The summed E-state index contributed by atoms with van der Waals surface area (Å²) in [5.41, 5.74) is 2.86. The Hall–Kier alpha value is -1.70. The minimum Gasteiger partial charge on any atom is -0.462 e. The Labute approximate surface area is 188 Å². The van der Waals surface area contributed by atoms with Crippen LogP contribution in [-0.2, 0) is 37.4 Å². The standard InChI is InChI=1S/C20H21N4O3.Y/c1-13-18-19(22-11-21-13)24(12-23-18)17-7-15(9-25)16(8-17)10-27-20(26)14-5-3-2-4-6-14;/h2-6,12,15-17,25H,7-10H2,1H3;/q-1;/t15-,16+,17-;/m0./s1. The molecule has 0 spiro atoms. The number of hydrogen-bond acceptors (Lipinski definition) is 6. The number of carbonyl (C=O) groups is 1. The van der Waals surface area contributed by atoms with Crippen molar-refractivity contribution in [2.75, 3.05) is 13.2 Å². The molecule has 2 aromatic heterocycles. The van der Waals surface area contributed by atoms with Gasteiger partial charge in [0.2, 0.25) is 0 Å². The van der Waals surface area contributed by atoms with Crippen LogP contribution >= 0.6 is 0 Å². The number of hydrogen-bond donors (Lipinski definition) is 1. The fraction of sp³-hybridized carbons (Fsp3) is 0.400. The molecule has 0 aliphatic heterocycles. The molecule has 1 aliphatic carbocycles. The van der Waals surface area contributed by atoms with Crippen LogP contribution in [0.5, 0.6) is 0 Å². The fourth-order valence-corrected chi connectivity index (χ4v) is 3.86. The summed E-state index contributed by atoms with van der Waals surface area (Å²) in [6, 6.07) is 9.10. The number of aromatic nitrogens is 4. The molecule has 3 atom stereocenters. The summed E-state index contributed by atoms with van der Waals surface area (Å²) < 4.78 is 7.54. The number of fused-ring (bicyclic) bond motifs is 1. The van der Waals surface area contributed by atoms with Gasteiger partial charge in [-0.3, -0.25) is 4.98 Å². The molecular formula is C20H21N4O3Y-. The number of benzene rings is 1. The van der Waals surface area contributed by atoms with Crippen molar-refractivity contribution in [3.05, 3.63) is 54.2 Å². The molecule has 0 saturated heterocycles. The maximum atomic E-state index is 12.2. The van der Waals surface area contributed by atoms with Gasteiger partial charge in [0.15, 0.2) is 0 Å². The third-order valence-electron chi connectivity index (χ3n) is 5.37. The van der Waals surface area contributed by atoms with Crippen LogP contribution in [0.25, 0.3) is 11.2 Å². The Bertz CT molecular complexity index is 947. The number of aliphatic hydroxyl groups excluding tert-OH is 1. The summed E-state index contributed by atoms with van der Waals surface area (Å²) in [7, 11) is 0. The van der Waals surface area contributed by atoms with Crippen molar-refractivity contribution < 1.29 is 47.3 Å². The Morgan fingerprint density at radius 3 is 2.75 bits per heavy atom. The molecule has 0 bridgehead atoms. The largest absolute Gasteiger partial charge is 0.462 e. The Balaban J connectivity index is 0.00000225. The van der Waals surface area contributed by atoms with Crippen LogP contribution < -0.4 is 0 Å². The molecule has 1 saturated carbocycles. The van der Waals surface area contributed by atoms with Crippen molar-refractivity contribution in [2.45, 2.75) is 25.8 Å². The van der Waals surface area contributed by atoms with Crippen LogP contribution in [-0.4, -0.2) is 43.8 Å². The topological polar surface area (TPSA) is 90.1 Å². The second-order valence-electron chi connectivity index (χ2n) is 7.03. The summed E-state index contributed by atoms with van der Waals surface area (Å²) in [6.45, 7) is 2.24. The Morgan fingerprint density at radius 2 is 2.00 bits per heavy atom. The number of imidazole rings is 1. The third kappa shape index (κ3) is 4.16. The number of nitrogens with zero attached hydrogens (tertiary/aromatic N) is 4. The first-order chi connectivity index (χ1) is 13.2. The van der Waals surface area contributed by atoms with E-state index >= 15 is 0 Å². The average Bonchev–Trinajstić information content (AvgIpc) is 3.31. The molecule has 1 aromatic carbocycles. The first-order valence-corrected chi connectivity index (χ1v) is 9.07. The van der Waals surface area contributed by atoms with Gasteiger partial charge in [-0.15, -0.1) is 0 Å². The first kappa shape index (κ1) is 21.0. The average molecular weight is 454 g/mol. The van der Waals surface area contributed by atoms with E-state index in [0.717, 1.165) is 29.7 Å². The molecule has 1 N–H and O–H groups in total. The van der Waals surface area contributed by atoms with Crippen molar-refractivity contribution in [3.8, 4) is 0 Å². The molecule has 3 aromatic rings. The summed E-state index contributed by atoms with van der Waals surface area (Å²) >= 11 is 0. The van der Waals surface area contributed by atoms with Gasteiger partial charge < -0.3 is 24.4 Å². The van der Waals surface area contributed by atoms with Crippen LogP contribution in [0.4, 0.5) is 0 Å². The zero-order valence-corrected chi connectivity index (χ0v) is 18.5. The van der Waals surface area contributed by atoms with Gasteiger partial charge in [-0.2, -0.15) is 0 Å². The number of aliphatic hydroxyl groups is 1. The molecule has 28 heavy (non-hydrogen) atoms. The Kier molecular flexibility index (Phi) is 6.91. The number of ether oxygens (including phenoxy) is 1. The second kappa shape index (κ2) is 9.20. The van der Waals surface area contributed by atoms with E-state index in [9.17, 15) is 9.90 Å². The van der Waals surface area contributed by atoms with Gasteiger partial charge >= 0.3 is 5.97 Å². The maximum absolute atomic E-state index is 12.2. The molecule has 1 fully saturated rings. The van der Waals surface area contributed by atoms with Crippen LogP contribution in [0, 0.1) is 25.1 Å². The molecular weight excluding hydrogens is 433 g/mol. The Morgan fingerprint density at radius 1 is 1.25 bits per heavy atom. The van der Waals surface area contributed by atoms with Gasteiger partial charge in [0.1, 0.15) is 0 Å². The number of esters is 1. The van der Waals surface area contributed by atoms with E-state index in [-0.39, 0.29) is 63.2 Å². The van der Waals surface area contributed by atoms with Gasteiger partial charge in [0, 0.05) is 68.8 Å². The van der Waals surface area contributed by atoms with Crippen LogP contribution in [0.2, 0.25) is 0 Å². The van der Waals surface area contributed by atoms with Crippen LogP contribution in [0.1, 0.15) is 34.9 Å². The molecule has 1 aliphatic rings. The van der Waals surface area contributed by atoms with E-state index in [2.05, 4.69) is 21.3 Å². The predicted octanol–water partition coefficient (Wildman–Crippen LogP) is 2.35. The number of aryl methyl sites for hydroxylation is 1. The van der Waals surface area contributed by atoms with Crippen molar-refractivity contribution in [2.24, 2.45) is 11.8 Å². The molecule has 0 unspecified atom stereocenters. The third-order valence-corrected chi connectivity index (χ3v) is 5.37. The first-order valence-electron chi connectivity index (χ1n) is 9.07. The van der Waals surface area contributed by atoms with Crippen molar-refractivity contribution in [3.63, 3.8) is 0 Å². The summed E-state index contributed by atoms with van der Waals surface area (Å²) in [5, 5.41) is 9.79. The quantitative estimate of drug-likeness (QED) is 0.470. The van der Waals surface area contributed by atoms with Gasteiger partial charge in [-0.1, -0.05) is 25.1 Å². The van der Waals surface area contributed by atoms with E-state index in [1.54, 1.807) is 18.5 Å². The molecule has 8 heteroatoms. The van der Waals surface area contributed by atoms with E-state index in [0.29, 0.717) is 12.2 Å². The second-order valence-corrected chi connectivity index (χ2v) is 7.03. The molecule has 7 nitrogen and oxygen atoms in total. The monoisotopic (exact) mass is 454 g/mol. The zero-order chi connectivity index (χ0) is 18.8. The van der Waals surface area contributed by atoms with E-state index in [1.165, 1.54) is 0 Å². The fourth-order valence-electron chi connectivity index (χ4n) is 3.86. The maximum Gasteiger partial charge on any atom is 0.338 e. The molecule has 2 heterocycles. The minimum absolute atomic E-state index is 0. The molecule has 1 radical (unpaired) electrons. The molecule has 143 valence electrons. The SMILES string of the molecule is Cc1n[c-]nc2c1ncn2[C@H]1C[C@@H](CO)[C@@H](COC(=O)c2ccccc2)C1.[Y]. The summed E-state index contributed by atoms with van der Waals surface area (Å²) in [6.07, 6.45) is 6.03. The normalized spacial score (nSPS) is 21.4. The van der Waals surface area contributed by atoms with Gasteiger partial charge in [-0.25, -0.2) is 4.79 Å². The van der Waals surface area contributed by atoms with E-state index in [1.807, 2.05) is 29.7 Å². The van der Waals surface area contributed by atoms with Gasteiger partial charge in [-0.05, 0) is 36.6 Å². The molecule has 0 amide bonds. The molecule has 4 rings (SSSR count). The van der Waals surface area contributed by atoms with Gasteiger partial charge in [0.05, 0.1) is 18.5 Å². The van der Waals surface area contributed by atoms with Crippen molar-refractivity contribution in [1.82, 2.24) is 19.5 Å². The van der Waals surface area contributed by atoms with E-state index in [4.69, 9.17) is 4.74 Å². The number of rotatable bonds is 5. The zero-order valence-electron chi connectivity index (χ0n) is 15.7. The van der Waals surface area contributed by atoms with Crippen molar-refractivity contribution in [1.29, 1.82) is 0 Å². The van der Waals surface area contributed by atoms with Crippen molar-refractivity contribution >= 4 is 17.1 Å². The summed E-state index contributed by atoms with van der Waals surface area (Å²) in [4.78, 5) is 24.9. The minimum atomic E-state index is -0.332. The number of carbonyl (C=O) groups excluding carboxylic acids is 1. The van der Waals surface area contributed by atoms with Gasteiger partial charge in [0.25, 0.3) is 0 Å². The van der Waals surface area contributed by atoms with E-state index < -0.39 is 0 Å². The van der Waals surface area contributed by atoms with Crippen LogP contribution in [0.3, 0.4) is 0 Å². The predicted molar refractivity (Wildman–Crippen MR) is 98.0 cm³/mol.